The van der Waals surface area contributed by atoms with E-state index in [0.717, 1.165) is 5.84 Å². The highest BCUT2D eigenvalue weighted by Gasteiger charge is 1.84. The van der Waals surface area contributed by atoms with Gasteiger partial charge in [-0.15, -0.1) is 0 Å². The molecule has 0 unspecified atom stereocenters. The lowest BCUT2D eigenvalue weighted by molar-refractivity contribution is 1.15. The molecule has 0 aromatic carbocycles. The molecule has 0 rings (SSSR count). The van der Waals surface area contributed by atoms with Gasteiger partial charge in [-0.05, 0) is 19.9 Å². The van der Waals surface area contributed by atoms with Gasteiger partial charge in [0.25, 0.3) is 0 Å². The number of allylic oxidation sites excluding steroid dienone is 1. The van der Waals surface area contributed by atoms with Crippen LogP contribution in [0.1, 0.15) is 13.8 Å². The van der Waals surface area contributed by atoms with Crippen molar-refractivity contribution >= 4 is 5.84 Å². The zero-order valence-electron chi connectivity index (χ0n) is 6.52. The summed E-state index contributed by atoms with van der Waals surface area (Å²) in [7, 11) is 3.63. The summed E-state index contributed by atoms with van der Waals surface area (Å²) in [5.41, 5.74) is 1.25. The molecule has 2 nitrogen and oxygen atoms in total. The molecule has 2 heteroatoms. The fourth-order valence-electron chi connectivity index (χ4n) is 0.522. The number of hydrogen-bond acceptors (Lipinski definition) is 1. The number of hydrogen-bond donors (Lipinski definition) is 1. The maximum absolute atomic E-state index is 3.98. The third kappa shape index (κ3) is 3.76. The summed E-state index contributed by atoms with van der Waals surface area (Å²) in [6.45, 7) is 4.09. The summed E-state index contributed by atoms with van der Waals surface area (Å²) in [6, 6.07) is 0. The van der Waals surface area contributed by atoms with Crippen LogP contribution in [0.2, 0.25) is 0 Å². The van der Waals surface area contributed by atoms with Crippen LogP contribution in [0.3, 0.4) is 0 Å². The van der Waals surface area contributed by atoms with Crippen LogP contribution in [0.15, 0.2) is 16.6 Å². The molecule has 0 aromatic rings. The number of likely N-dealkylation sites (N-methyl/N-ethyl adjacent to an activating group) is 1. The number of rotatable bonds is 1. The van der Waals surface area contributed by atoms with E-state index < -0.39 is 0 Å². The van der Waals surface area contributed by atoms with E-state index in [2.05, 4.69) is 10.3 Å². The van der Waals surface area contributed by atoms with E-state index in [4.69, 9.17) is 0 Å². The minimum Gasteiger partial charge on any atom is -0.373 e. The predicted octanol–water partition coefficient (Wildman–Crippen LogP) is 1.20. The Balaban J connectivity index is 4.01. The van der Waals surface area contributed by atoms with Crippen molar-refractivity contribution in [2.45, 2.75) is 13.8 Å². The van der Waals surface area contributed by atoms with Crippen LogP contribution in [0.5, 0.6) is 0 Å². The smallest absolute Gasteiger partial charge is 0.120 e. The highest BCUT2D eigenvalue weighted by atomic mass is 14.9. The Morgan fingerprint density at radius 2 is 2.00 bits per heavy atom. The summed E-state index contributed by atoms with van der Waals surface area (Å²) < 4.78 is 0. The molecule has 0 saturated heterocycles. The molecule has 0 atom stereocenters. The minimum atomic E-state index is 0.926. The fourth-order valence-corrected chi connectivity index (χ4v) is 0.522. The van der Waals surface area contributed by atoms with Crippen molar-refractivity contribution in [3.05, 3.63) is 11.6 Å². The van der Waals surface area contributed by atoms with Crippen LogP contribution < -0.4 is 5.32 Å². The van der Waals surface area contributed by atoms with E-state index in [1.807, 2.05) is 27.0 Å². The van der Waals surface area contributed by atoms with Gasteiger partial charge in [0.2, 0.25) is 0 Å². The van der Waals surface area contributed by atoms with E-state index in [1.165, 1.54) is 5.57 Å². The van der Waals surface area contributed by atoms with Crippen molar-refractivity contribution in [1.29, 1.82) is 0 Å². The molecule has 0 bridgehead atoms. The summed E-state index contributed by atoms with van der Waals surface area (Å²) >= 11 is 0. The van der Waals surface area contributed by atoms with Crippen LogP contribution in [0.25, 0.3) is 0 Å². The standard InChI is InChI=1S/C7H14N2/c1-6(2)5-7(8-3)9-4/h5H,1-4H3,(H,8,9). The zero-order valence-corrected chi connectivity index (χ0v) is 6.52. The van der Waals surface area contributed by atoms with Crippen LogP contribution in [0, 0.1) is 0 Å². The molecule has 0 heterocycles. The number of aliphatic imine (C=N–C) groups is 1. The Hall–Kier alpha value is -0.790. The Bertz CT molecular complexity index is 130. The topological polar surface area (TPSA) is 24.4 Å². The molecule has 0 spiro atoms. The van der Waals surface area contributed by atoms with Crippen LogP contribution in [0.4, 0.5) is 0 Å². The van der Waals surface area contributed by atoms with Gasteiger partial charge in [0.1, 0.15) is 5.84 Å². The van der Waals surface area contributed by atoms with Crippen molar-refractivity contribution in [1.82, 2.24) is 5.32 Å². The van der Waals surface area contributed by atoms with E-state index in [-0.39, 0.29) is 0 Å². The summed E-state index contributed by atoms with van der Waals surface area (Å²) in [4.78, 5) is 3.98. The van der Waals surface area contributed by atoms with Crippen LogP contribution in [-0.4, -0.2) is 19.9 Å². The highest BCUT2D eigenvalue weighted by molar-refractivity contribution is 5.93. The molecule has 0 amide bonds. The second kappa shape index (κ2) is 4.13. The quantitative estimate of drug-likeness (QED) is 0.414. The predicted molar refractivity (Wildman–Crippen MR) is 41.8 cm³/mol. The van der Waals surface area contributed by atoms with Gasteiger partial charge in [0.05, 0.1) is 0 Å². The summed E-state index contributed by atoms with van der Waals surface area (Å²) in [6.07, 6.45) is 2.00. The second-order valence-electron chi connectivity index (χ2n) is 2.08. The third-order valence-electron chi connectivity index (χ3n) is 0.922. The average molecular weight is 126 g/mol. The fraction of sp³-hybridized carbons (Fsp3) is 0.571. The molecule has 0 saturated carbocycles. The van der Waals surface area contributed by atoms with Crippen molar-refractivity contribution in [2.24, 2.45) is 4.99 Å². The largest absolute Gasteiger partial charge is 0.373 e. The molecule has 52 valence electrons. The van der Waals surface area contributed by atoms with Gasteiger partial charge in [-0.25, -0.2) is 0 Å². The Labute approximate surface area is 56.7 Å². The lowest BCUT2D eigenvalue weighted by Gasteiger charge is -1.96. The van der Waals surface area contributed by atoms with Crippen LogP contribution in [-0.2, 0) is 0 Å². The first-order valence-electron chi connectivity index (χ1n) is 3.00. The Morgan fingerprint density at radius 1 is 1.44 bits per heavy atom. The molecule has 0 fully saturated rings. The number of nitrogens with zero attached hydrogens (tertiary/aromatic N) is 1. The highest BCUT2D eigenvalue weighted by Crippen LogP contribution is 1.87. The summed E-state index contributed by atoms with van der Waals surface area (Å²) in [5, 5.41) is 2.96. The minimum absolute atomic E-state index is 0.926. The van der Waals surface area contributed by atoms with Crippen molar-refractivity contribution in [3.63, 3.8) is 0 Å². The van der Waals surface area contributed by atoms with Gasteiger partial charge in [-0.3, -0.25) is 4.99 Å². The maximum Gasteiger partial charge on any atom is 0.120 e. The average Bonchev–Trinajstić information content (AvgIpc) is 1.82. The van der Waals surface area contributed by atoms with Gasteiger partial charge < -0.3 is 5.32 Å². The van der Waals surface area contributed by atoms with Gasteiger partial charge in [0, 0.05) is 14.1 Å². The van der Waals surface area contributed by atoms with E-state index in [9.17, 15) is 0 Å². The molecular formula is C7H14N2. The number of nitrogens with one attached hydrogen (secondary N) is 1. The molecule has 0 radical (unpaired) electrons. The van der Waals surface area contributed by atoms with Gasteiger partial charge in [-0.1, -0.05) is 5.57 Å². The lowest BCUT2D eigenvalue weighted by Crippen LogP contribution is -2.15. The van der Waals surface area contributed by atoms with E-state index >= 15 is 0 Å². The van der Waals surface area contributed by atoms with Gasteiger partial charge >= 0.3 is 0 Å². The molecule has 0 aliphatic carbocycles. The molecule has 1 N–H and O–H groups in total. The Kier molecular flexibility index (Phi) is 3.76. The normalized spacial score (nSPS) is 10.9. The molecule has 0 aliphatic heterocycles. The lowest BCUT2D eigenvalue weighted by atomic mass is 10.3. The van der Waals surface area contributed by atoms with Crippen molar-refractivity contribution < 1.29 is 0 Å². The number of amidine groups is 1. The first kappa shape index (κ1) is 8.21. The second-order valence-corrected chi connectivity index (χ2v) is 2.08. The third-order valence-corrected chi connectivity index (χ3v) is 0.922. The first-order valence-corrected chi connectivity index (χ1v) is 3.00. The monoisotopic (exact) mass is 126 g/mol. The zero-order chi connectivity index (χ0) is 7.28. The van der Waals surface area contributed by atoms with Crippen LogP contribution >= 0.6 is 0 Å². The van der Waals surface area contributed by atoms with Gasteiger partial charge in [-0.2, -0.15) is 0 Å². The molecule has 0 aliphatic rings. The molecule has 0 aromatic heterocycles. The van der Waals surface area contributed by atoms with E-state index in [1.54, 1.807) is 7.05 Å². The van der Waals surface area contributed by atoms with Crippen molar-refractivity contribution in [3.8, 4) is 0 Å². The maximum atomic E-state index is 3.98. The van der Waals surface area contributed by atoms with E-state index in [0.29, 0.717) is 0 Å². The Morgan fingerprint density at radius 3 is 2.11 bits per heavy atom. The SMILES string of the molecule is CN=C(C=C(C)C)NC. The van der Waals surface area contributed by atoms with Gasteiger partial charge in [0.15, 0.2) is 0 Å². The molecule has 9 heavy (non-hydrogen) atoms. The van der Waals surface area contributed by atoms with Crippen molar-refractivity contribution in [2.75, 3.05) is 14.1 Å². The first-order chi connectivity index (χ1) is 4.20. The molecular weight excluding hydrogens is 112 g/mol. The summed E-state index contributed by atoms with van der Waals surface area (Å²) in [5.74, 6) is 0.926.